The Bertz CT molecular complexity index is 1410. The minimum Gasteiger partial charge on any atom is -0.497 e. The van der Waals surface area contributed by atoms with E-state index in [0.717, 1.165) is 11.7 Å². The average Bonchev–Trinajstić information content (AvgIpc) is 2.82. The molecule has 1 heterocycles. The molecular weight excluding hydrogens is 543 g/mol. The molecular formula is C25H30ClFN2O6S2. The summed E-state index contributed by atoms with van der Waals surface area (Å²) in [6.07, 6.45) is 1.53. The first-order valence-electron chi connectivity index (χ1n) is 11.5. The van der Waals surface area contributed by atoms with E-state index < -0.39 is 43.5 Å². The van der Waals surface area contributed by atoms with Gasteiger partial charge in [0.15, 0.2) is 15.5 Å². The number of rotatable bonds is 8. The second kappa shape index (κ2) is 11.1. The van der Waals surface area contributed by atoms with Gasteiger partial charge in [0.2, 0.25) is 10.0 Å². The number of nitrogens with zero attached hydrogens (tertiary/aromatic N) is 1. The Morgan fingerprint density at radius 3 is 2.49 bits per heavy atom. The van der Waals surface area contributed by atoms with Gasteiger partial charge in [0.1, 0.15) is 5.75 Å². The van der Waals surface area contributed by atoms with Gasteiger partial charge in [-0.05, 0) is 38.1 Å². The zero-order valence-electron chi connectivity index (χ0n) is 20.9. The fourth-order valence-electron chi connectivity index (χ4n) is 4.27. The topological polar surface area (TPSA) is 110 Å². The van der Waals surface area contributed by atoms with Gasteiger partial charge in [-0.2, -0.15) is 4.31 Å². The SMILES string of the molecule is COc1ccc(S(=O)(=O)N2CC[C@@](F)(C(=O)N[C@H](C)/C=C\S(C)(=O)=O)C[C@H]2C)c(-c2ccccc2Cl)c1. The van der Waals surface area contributed by atoms with Crippen LogP contribution in [0.2, 0.25) is 5.02 Å². The van der Waals surface area contributed by atoms with Crippen LogP contribution in [0, 0.1) is 0 Å². The number of piperidine rings is 1. The van der Waals surface area contributed by atoms with Gasteiger partial charge < -0.3 is 10.1 Å². The fourth-order valence-corrected chi connectivity index (χ4v) is 6.84. The van der Waals surface area contributed by atoms with Crippen LogP contribution in [0.1, 0.15) is 26.7 Å². The van der Waals surface area contributed by atoms with Crippen LogP contribution in [-0.2, 0) is 24.7 Å². The molecule has 3 rings (SSSR count). The zero-order valence-corrected chi connectivity index (χ0v) is 23.3. The number of hydrogen-bond acceptors (Lipinski definition) is 6. The Morgan fingerprint density at radius 1 is 1.22 bits per heavy atom. The highest BCUT2D eigenvalue weighted by molar-refractivity contribution is 7.93. The highest BCUT2D eigenvalue weighted by atomic mass is 35.5. The van der Waals surface area contributed by atoms with Crippen molar-refractivity contribution in [3.8, 4) is 16.9 Å². The molecule has 2 aromatic carbocycles. The molecule has 0 saturated carbocycles. The molecule has 0 spiro atoms. The van der Waals surface area contributed by atoms with Gasteiger partial charge in [-0.25, -0.2) is 21.2 Å². The molecule has 2 aromatic rings. The lowest BCUT2D eigenvalue weighted by Crippen LogP contribution is -2.56. The minimum absolute atomic E-state index is 0.0106. The molecule has 0 radical (unpaired) electrons. The van der Waals surface area contributed by atoms with E-state index in [2.05, 4.69) is 5.32 Å². The van der Waals surface area contributed by atoms with Crippen molar-refractivity contribution < 1.29 is 30.8 Å². The number of carbonyl (C=O) groups excluding carboxylic acids is 1. The van der Waals surface area contributed by atoms with Gasteiger partial charge in [0.05, 0.1) is 12.0 Å². The van der Waals surface area contributed by atoms with E-state index in [1.54, 1.807) is 37.3 Å². The summed E-state index contributed by atoms with van der Waals surface area (Å²) in [5.74, 6) is -0.470. The molecule has 1 aliphatic heterocycles. The Kier molecular flexibility index (Phi) is 8.73. The van der Waals surface area contributed by atoms with E-state index in [0.29, 0.717) is 21.9 Å². The van der Waals surface area contributed by atoms with E-state index in [1.165, 1.54) is 36.5 Å². The molecule has 1 N–H and O–H groups in total. The van der Waals surface area contributed by atoms with Crippen molar-refractivity contribution in [2.75, 3.05) is 19.9 Å². The molecule has 1 fully saturated rings. The van der Waals surface area contributed by atoms with Gasteiger partial charge >= 0.3 is 0 Å². The first kappa shape index (κ1) is 29.1. The van der Waals surface area contributed by atoms with Crippen molar-refractivity contribution in [3.63, 3.8) is 0 Å². The van der Waals surface area contributed by atoms with E-state index in [-0.39, 0.29) is 24.3 Å². The van der Waals surface area contributed by atoms with E-state index in [1.807, 2.05) is 0 Å². The Balaban J connectivity index is 1.87. The maximum Gasteiger partial charge on any atom is 0.258 e. The molecule has 8 nitrogen and oxygen atoms in total. The van der Waals surface area contributed by atoms with Crippen molar-refractivity contribution in [1.82, 2.24) is 9.62 Å². The summed E-state index contributed by atoms with van der Waals surface area (Å²) in [6, 6.07) is 9.80. The summed E-state index contributed by atoms with van der Waals surface area (Å²) in [6.45, 7) is 2.84. The predicted octanol–water partition coefficient (Wildman–Crippen LogP) is 3.96. The smallest absolute Gasteiger partial charge is 0.258 e. The van der Waals surface area contributed by atoms with Crippen molar-refractivity contribution in [3.05, 3.63) is 59.0 Å². The van der Waals surface area contributed by atoms with Crippen molar-refractivity contribution >= 4 is 37.4 Å². The summed E-state index contributed by atoms with van der Waals surface area (Å²) < 4.78 is 72.4. The quantitative estimate of drug-likeness (QED) is 0.513. The van der Waals surface area contributed by atoms with E-state index in [4.69, 9.17) is 16.3 Å². The van der Waals surface area contributed by atoms with E-state index >= 15 is 4.39 Å². The normalized spacial score (nSPS) is 22.1. The highest BCUT2D eigenvalue weighted by Gasteiger charge is 2.48. The molecule has 0 aliphatic carbocycles. The summed E-state index contributed by atoms with van der Waals surface area (Å²) in [5, 5.41) is 3.75. The number of halogens is 2. The molecule has 1 saturated heterocycles. The molecule has 3 atom stereocenters. The summed E-state index contributed by atoms with van der Waals surface area (Å²) in [5.41, 5.74) is -1.47. The molecule has 37 heavy (non-hydrogen) atoms. The standard InChI is InChI=1S/C25H30ClFN2O6S2/c1-17(11-14-36(4,31)32)28-24(30)25(27)12-13-29(18(2)16-25)37(33,34)23-10-9-19(35-3)15-21(23)20-7-5-6-8-22(20)26/h5-11,14-15,17-18H,12-13,16H2,1-4H3,(H,28,30)/b14-11-/t17-,18-,25+/m1/s1. The number of carbonyl (C=O) groups is 1. The van der Waals surface area contributed by atoms with Crippen LogP contribution in [-0.4, -0.2) is 64.7 Å². The molecule has 0 bridgehead atoms. The van der Waals surface area contributed by atoms with Crippen LogP contribution in [0.4, 0.5) is 4.39 Å². The lowest BCUT2D eigenvalue weighted by Gasteiger charge is -2.39. The van der Waals surface area contributed by atoms with Crippen molar-refractivity contribution in [1.29, 1.82) is 0 Å². The predicted molar refractivity (Wildman–Crippen MR) is 141 cm³/mol. The lowest BCUT2D eigenvalue weighted by molar-refractivity contribution is -0.136. The molecule has 12 heteroatoms. The molecule has 0 unspecified atom stereocenters. The summed E-state index contributed by atoms with van der Waals surface area (Å²) in [7, 11) is -6.04. The third-order valence-electron chi connectivity index (χ3n) is 6.16. The largest absolute Gasteiger partial charge is 0.497 e. The minimum atomic E-state index is -4.11. The van der Waals surface area contributed by atoms with Crippen molar-refractivity contribution in [2.24, 2.45) is 0 Å². The first-order valence-corrected chi connectivity index (χ1v) is 15.3. The fraction of sp³-hybridized carbons (Fsp3) is 0.400. The van der Waals surface area contributed by atoms with Crippen LogP contribution in [0.5, 0.6) is 5.75 Å². The van der Waals surface area contributed by atoms with Crippen LogP contribution in [0.25, 0.3) is 11.1 Å². The Hall–Kier alpha value is -2.47. The maximum absolute atomic E-state index is 15.7. The molecule has 202 valence electrons. The third kappa shape index (κ3) is 6.70. The monoisotopic (exact) mass is 572 g/mol. The number of ether oxygens (including phenoxy) is 1. The molecule has 1 amide bonds. The summed E-state index contributed by atoms with van der Waals surface area (Å²) >= 11 is 6.37. The molecule has 0 aromatic heterocycles. The summed E-state index contributed by atoms with van der Waals surface area (Å²) in [4.78, 5) is 12.7. The van der Waals surface area contributed by atoms with E-state index in [9.17, 15) is 21.6 Å². The number of nitrogens with one attached hydrogen (secondary N) is 1. The van der Waals surface area contributed by atoms with Gasteiger partial charge in [-0.3, -0.25) is 4.79 Å². The number of sulfone groups is 1. The first-order chi connectivity index (χ1) is 17.2. The van der Waals surface area contributed by atoms with Crippen LogP contribution < -0.4 is 10.1 Å². The van der Waals surface area contributed by atoms with Crippen LogP contribution >= 0.6 is 11.6 Å². The Labute approximate surface area is 222 Å². The van der Waals surface area contributed by atoms with Gasteiger partial charge in [-0.1, -0.05) is 35.9 Å². The second-order valence-electron chi connectivity index (χ2n) is 9.15. The number of methoxy groups -OCH3 is 1. The lowest BCUT2D eigenvalue weighted by atomic mass is 9.89. The van der Waals surface area contributed by atoms with Gasteiger partial charge in [0.25, 0.3) is 5.91 Å². The van der Waals surface area contributed by atoms with Crippen LogP contribution in [0.15, 0.2) is 58.8 Å². The number of amides is 1. The average molecular weight is 573 g/mol. The van der Waals surface area contributed by atoms with Crippen LogP contribution in [0.3, 0.4) is 0 Å². The van der Waals surface area contributed by atoms with Crippen molar-refractivity contribution in [2.45, 2.75) is 49.3 Å². The Morgan fingerprint density at radius 2 is 1.89 bits per heavy atom. The number of benzene rings is 2. The number of hydrogen-bond donors (Lipinski definition) is 1. The van der Waals surface area contributed by atoms with Gasteiger partial charge in [-0.15, -0.1) is 0 Å². The highest BCUT2D eigenvalue weighted by Crippen LogP contribution is 2.39. The van der Waals surface area contributed by atoms with Gasteiger partial charge in [0, 0.05) is 59.3 Å². The number of sulfonamides is 1. The second-order valence-corrected chi connectivity index (χ2v) is 13.3. The number of alkyl halides is 1. The molecule has 1 aliphatic rings. The zero-order chi connectivity index (χ0) is 27.6. The third-order valence-corrected chi connectivity index (χ3v) is 9.21. The maximum atomic E-state index is 15.7.